The third-order valence-electron chi connectivity index (χ3n) is 6.23. The van der Waals surface area contributed by atoms with Crippen molar-refractivity contribution in [1.29, 1.82) is 0 Å². The molecule has 0 N–H and O–H groups in total. The molecule has 172 valence electrons. The molecule has 0 atom stereocenters. The maximum atomic E-state index is 11.7. The van der Waals surface area contributed by atoms with Crippen LogP contribution >= 0.6 is 0 Å². The lowest BCUT2D eigenvalue weighted by Gasteiger charge is -2.33. The van der Waals surface area contributed by atoms with E-state index in [4.69, 9.17) is 9.47 Å². The summed E-state index contributed by atoms with van der Waals surface area (Å²) in [6.07, 6.45) is 0.648. The highest BCUT2D eigenvalue weighted by Crippen LogP contribution is 2.42. The molecule has 0 bridgehead atoms. The largest absolute Gasteiger partial charge is 0.427 e. The van der Waals surface area contributed by atoms with E-state index in [1.165, 1.54) is 0 Å². The Morgan fingerprint density at radius 1 is 0.647 bits per heavy atom. The average Bonchev–Trinajstić information content (AvgIpc) is 2.88. The summed E-state index contributed by atoms with van der Waals surface area (Å²) in [6.45, 7) is 5.74. The maximum absolute atomic E-state index is 11.7. The van der Waals surface area contributed by atoms with Crippen molar-refractivity contribution in [3.63, 3.8) is 0 Å². The van der Waals surface area contributed by atoms with Crippen LogP contribution in [0.1, 0.15) is 50.3 Å². The molecule has 0 unspecified atom stereocenters. The molecule has 4 nitrogen and oxygen atoms in total. The van der Waals surface area contributed by atoms with Gasteiger partial charge < -0.3 is 9.47 Å². The van der Waals surface area contributed by atoms with Gasteiger partial charge in [0.1, 0.15) is 11.5 Å². The number of ether oxygens (including phenoxy) is 2. The zero-order valence-corrected chi connectivity index (χ0v) is 19.7. The van der Waals surface area contributed by atoms with E-state index >= 15 is 0 Å². The van der Waals surface area contributed by atoms with E-state index in [-0.39, 0.29) is 11.9 Å². The minimum atomic E-state index is -0.512. The molecule has 0 aliphatic rings. The first-order valence-corrected chi connectivity index (χ1v) is 11.6. The van der Waals surface area contributed by atoms with Gasteiger partial charge in [-0.15, -0.1) is 0 Å². The number of hydrogen-bond donors (Lipinski definition) is 0. The van der Waals surface area contributed by atoms with Crippen LogP contribution in [0.3, 0.4) is 0 Å². The molecule has 0 aliphatic heterocycles. The van der Waals surface area contributed by atoms with Crippen LogP contribution < -0.4 is 9.47 Å². The highest BCUT2D eigenvalue weighted by molar-refractivity contribution is 5.88. The Labute approximate surface area is 200 Å². The zero-order valence-electron chi connectivity index (χ0n) is 19.7. The fraction of sp³-hybridized carbons (Fsp3) is 0.200. The second-order valence-corrected chi connectivity index (χ2v) is 8.36. The Morgan fingerprint density at radius 2 is 1.12 bits per heavy atom. The molecule has 4 aromatic rings. The first kappa shape index (κ1) is 23.2. The van der Waals surface area contributed by atoms with Gasteiger partial charge in [-0.1, -0.05) is 80.6 Å². The van der Waals surface area contributed by atoms with Gasteiger partial charge in [-0.05, 0) is 58.7 Å². The number of hydrogen-bond acceptors (Lipinski definition) is 4. The van der Waals surface area contributed by atoms with E-state index in [0.29, 0.717) is 24.3 Å². The second-order valence-electron chi connectivity index (χ2n) is 8.36. The number of benzene rings is 4. The monoisotopic (exact) mass is 452 g/mol. The molecule has 0 spiro atoms. The van der Waals surface area contributed by atoms with Crippen LogP contribution in [0.15, 0.2) is 91.0 Å². The number of carbonyl (C=O) groups excluding carboxylic acids is 2. The van der Waals surface area contributed by atoms with E-state index in [2.05, 4.69) is 37.3 Å². The lowest BCUT2D eigenvalue weighted by molar-refractivity contribution is -0.134. The van der Waals surface area contributed by atoms with Crippen LogP contribution in [0, 0.1) is 0 Å². The van der Waals surface area contributed by atoms with Gasteiger partial charge in [-0.2, -0.15) is 0 Å². The Hall–Kier alpha value is -3.92. The fourth-order valence-corrected chi connectivity index (χ4v) is 4.26. The Balaban J connectivity index is 1.85. The van der Waals surface area contributed by atoms with Gasteiger partial charge in [0.05, 0.1) is 0 Å². The first-order valence-electron chi connectivity index (χ1n) is 11.6. The average molecular weight is 453 g/mol. The molecular weight excluding hydrogens is 424 g/mol. The van der Waals surface area contributed by atoms with Gasteiger partial charge >= 0.3 is 11.9 Å². The molecule has 0 heterocycles. The van der Waals surface area contributed by atoms with Crippen molar-refractivity contribution in [3.8, 4) is 11.5 Å². The van der Waals surface area contributed by atoms with Crippen molar-refractivity contribution in [2.75, 3.05) is 0 Å². The van der Waals surface area contributed by atoms with Gasteiger partial charge in [0.2, 0.25) is 0 Å². The number of fused-ring (bicyclic) bond motifs is 1. The molecule has 4 rings (SSSR count). The quantitative estimate of drug-likeness (QED) is 0.175. The molecule has 0 radical (unpaired) electrons. The highest BCUT2D eigenvalue weighted by atomic mass is 16.5. The van der Waals surface area contributed by atoms with Crippen LogP contribution in [0.5, 0.6) is 11.5 Å². The topological polar surface area (TPSA) is 52.6 Å². The van der Waals surface area contributed by atoms with Crippen molar-refractivity contribution in [1.82, 2.24) is 0 Å². The molecule has 0 saturated heterocycles. The molecule has 0 fully saturated rings. The van der Waals surface area contributed by atoms with E-state index in [1.807, 2.05) is 60.7 Å². The van der Waals surface area contributed by atoms with Crippen LogP contribution in [-0.4, -0.2) is 11.9 Å². The third kappa shape index (κ3) is 4.58. The van der Waals surface area contributed by atoms with E-state index in [1.54, 1.807) is 13.8 Å². The highest BCUT2D eigenvalue weighted by Gasteiger charge is 2.33. The minimum absolute atomic E-state index is 0.262. The molecule has 0 aliphatic carbocycles. The number of carbonyl (C=O) groups is 2. The Kier molecular flexibility index (Phi) is 6.78. The summed E-state index contributed by atoms with van der Waals surface area (Å²) in [7, 11) is 0. The van der Waals surface area contributed by atoms with Gasteiger partial charge in [0.25, 0.3) is 0 Å². The predicted octanol–water partition coefficient (Wildman–Crippen LogP) is 6.82. The molecular formula is C30H28O4. The summed E-state index contributed by atoms with van der Waals surface area (Å²) in [5.74, 6) is 0.527. The summed E-state index contributed by atoms with van der Waals surface area (Å²) >= 11 is 0. The zero-order chi connectivity index (χ0) is 24.1. The minimum Gasteiger partial charge on any atom is -0.427 e. The van der Waals surface area contributed by atoms with Crippen molar-refractivity contribution in [3.05, 3.63) is 108 Å². The van der Waals surface area contributed by atoms with Gasteiger partial charge in [0, 0.05) is 18.3 Å². The Bertz CT molecular complexity index is 1240. The van der Waals surface area contributed by atoms with Gasteiger partial charge in [-0.3, -0.25) is 9.59 Å². The van der Waals surface area contributed by atoms with Crippen molar-refractivity contribution in [2.45, 2.75) is 39.0 Å². The van der Waals surface area contributed by atoms with Crippen LogP contribution in [0.2, 0.25) is 0 Å². The SMILES string of the molecule is CCC(=O)Oc1ccc(C(C)(c2ccc(OC(=O)CC)cc2)c2cccc3ccccc23)cc1. The standard InChI is InChI=1S/C30H28O4/c1-4-28(31)33-24-17-13-22(14-18-24)30(3,23-15-19-25(20-16-23)34-29(32)5-2)27-12-8-10-21-9-6-7-11-26(21)27/h6-20H,4-5H2,1-3H3. The fourth-order valence-electron chi connectivity index (χ4n) is 4.26. The number of esters is 2. The lowest BCUT2D eigenvalue weighted by Crippen LogP contribution is -2.25. The molecule has 0 saturated carbocycles. The van der Waals surface area contributed by atoms with Crippen molar-refractivity contribution >= 4 is 22.7 Å². The summed E-state index contributed by atoms with van der Waals surface area (Å²) in [4.78, 5) is 23.4. The predicted molar refractivity (Wildman–Crippen MR) is 134 cm³/mol. The van der Waals surface area contributed by atoms with Crippen molar-refractivity contribution in [2.24, 2.45) is 0 Å². The Morgan fingerprint density at radius 3 is 1.62 bits per heavy atom. The van der Waals surface area contributed by atoms with E-state index < -0.39 is 5.41 Å². The second kappa shape index (κ2) is 9.92. The summed E-state index contributed by atoms with van der Waals surface area (Å²) in [5.41, 5.74) is 2.75. The van der Waals surface area contributed by atoms with Crippen LogP contribution in [0.25, 0.3) is 10.8 Å². The third-order valence-corrected chi connectivity index (χ3v) is 6.23. The molecule has 0 amide bonds. The smallest absolute Gasteiger partial charge is 0.310 e. The van der Waals surface area contributed by atoms with E-state index in [0.717, 1.165) is 27.5 Å². The van der Waals surface area contributed by atoms with Crippen LogP contribution in [-0.2, 0) is 15.0 Å². The number of rotatable bonds is 7. The molecule has 4 aromatic carbocycles. The molecule has 34 heavy (non-hydrogen) atoms. The van der Waals surface area contributed by atoms with Gasteiger partial charge in [-0.25, -0.2) is 0 Å². The maximum Gasteiger partial charge on any atom is 0.310 e. The van der Waals surface area contributed by atoms with Crippen molar-refractivity contribution < 1.29 is 19.1 Å². The first-order chi connectivity index (χ1) is 16.5. The van der Waals surface area contributed by atoms with Crippen LogP contribution in [0.4, 0.5) is 0 Å². The van der Waals surface area contributed by atoms with Gasteiger partial charge in [0.15, 0.2) is 0 Å². The lowest BCUT2D eigenvalue weighted by atomic mass is 9.70. The molecule has 0 aromatic heterocycles. The summed E-state index contributed by atoms with van der Waals surface area (Å²) in [6, 6.07) is 30.0. The van der Waals surface area contributed by atoms with E-state index in [9.17, 15) is 9.59 Å². The normalized spacial score (nSPS) is 11.3. The summed E-state index contributed by atoms with van der Waals surface area (Å²) < 4.78 is 10.8. The summed E-state index contributed by atoms with van der Waals surface area (Å²) in [5, 5.41) is 2.32. The molecule has 4 heteroatoms.